The lowest BCUT2D eigenvalue weighted by Gasteiger charge is -2.08. The minimum atomic E-state index is -4.22. The average Bonchev–Trinajstić information content (AvgIpc) is 2.01. The zero-order chi connectivity index (χ0) is 10.8. The van der Waals surface area contributed by atoms with E-state index in [0.29, 0.717) is 0 Å². The van der Waals surface area contributed by atoms with Crippen LogP contribution >= 0.6 is 24.4 Å². The Balaban J connectivity index is 2.84. The Morgan fingerprint density at radius 1 is 1.36 bits per heavy atom. The summed E-state index contributed by atoms with van der Waals surface area (Å²) >= 11 is 4.05. The molecule has 0 N–H and O–H groups in total. The Morgan fingerprint density at radius 3 is 2.50 bits per heavy atom. The highest BCUT2D eigenvalue weighted by Crippen LogP contribution is 2.37. The summed E-state index contributed by atoms with van der Waals surface area (Å²) in [6.45, 7) is 1.82. The molecule has 0 spiro atoms. The zero-order valence-electron chi connectivity index (χ0n) is 7.38. The van der Waals surface area contributed by atoms with Gasteiger partial charge in [0.05, 0.1) is 0 Å². The second-order valence-electron chi connectivity index (χ2n) is 2.80. The van der Waals surface area contributed by atoms with Crippen LogP contribution in [0.25, 0.3) is 0 Å². The first-order valence-corrected chi connectivity index (χ1v) is 5.25. The van der Waals surface area contributed by atoms with Gasteiger partial charge >= 0.3 is 5.51 Å². The van der Waals surface area contributed by atoms with Gasteiger partial charge in [-0.15, -0.1) is 0 Å². The van der Waals surface area contributed by atoms with Crippen molar-refractivity contribution in [1.82, 2.24) is 0 Å². The second kappa shape index (κ2) is 4.49. The zero-order valence-corrected chi connectivity index (χ0v) is 9.09. The Bertz CT molecular complexity index is 307. The number of hydrogen-bond donors (Lipinski definition) is 1. The third-order valence-electron chi connectivity index (χ3n) is 1.57. The van der Waals surface area contributed by atoms with Crippen LogP contribution in [0.3, 0.4) is 0 Å². The molecule has 1 atom stereocenters. The lowest BCUT2D eigenvalue weighted by molar-refractivity contribution is -0.0328. The van der Waals surface area contributed by atoms with Gasteiger partial charge < -0.3 is 0 Å². The van der Waals surface area contributed by atoms with Crippen LogP contribution < -0.4 is 0 Å². The van der Waals surface area contributed by atoms with Crippen LogP contribution in [0.4, 0.5) is 13.2 Å². The summed E-state index contributed by atoms with van der Waals surface area (Å²) in [4.78, 5) is 0.205. The fraction of sp³-hybridized carbons (Fsp3) is 0.333. The molecular weight excluding hydrogens is 229 g/mol. The molecule has 0 saturated heterocycles. The van der Waals surface area contributed by atoms with Gasteiger partial charge in [0.15, 0.2) is 0 Å². The van der Waals surface area contributed by atoms with Gasteiger partial charge in [0.25, 0.3) is 0 Å². The van der Waals surface area contributed by atoms with E-state index in [1.165, 1.54) is 12.1 Å². The summed E-state index contributed by atoms with van der Waals surface area (Å²) in [6.07, 6.45) is 0. The van der Waals surface area contributed by atoms with Gasteiger partial charge in [0.2, 0.25) is 0 Å². The van der Waals surface area contributed by atoms with E-state index in [2.05, 4.69) is 12.6 Å². The van der Waals surface area contributed by atoms with Crippen molar-refractivity contribution in [3.05, 3.63) is 29.8 Å². The first-order valence-electron chi connectivity index (χ1n) is 3.92. The maximum atomic E-state index is 12.0. The molecule has 14 heavy (non-hydrogen) atoms. The highest BCUT2D eigenvalue weighted by atomic mass is 32.2. The highest BCUT2D eigenvalue weighted by molar-refractivity contribution is 8.00. The fourth-order valence-corrected chi connectivity index (χ4v) is 1.74. The third kappa shape index (κ3) is 3.84. The van der Waals surface area contributed by atoms with Crippen molar-refractivity contribution in [1.29, 1.82) is 0 Å². The van der Waals surface area contributed by atoms with Crippen LogP contribution in [0.2, 0.25) is 0 Å². The Hall–Kier alpha value is -0.290. The Kier molecular flexibility index (Phi) is 3.78. The summed E-state index contributed by atoms with van der Waals surface area (Å²) in [5.74, 6) is 0. The SMILES string of the molecule is CC(S)c1cccc(SC(F)(F)F)c1. The standard InChI is InChI=1S/C9H9F3S2/c1-6(13)7-3-2-4-8(5-7)14-9(10,11)12/h2-6,13H,1H3. The summed E-state index contributed by atoms with van der Waals surface area (Å²) in [5, 5.41) is -0.0521. The van der Waals surface area contributed by atoms with E-state index in [4.69, 9.17) is 0 Å². The van der Waals surface area contributed by atoms with Crippen molar-refractivity contribution in [2.45, 2.75) is 22.6 Å². The van der Waals surface area contributed by atoms with E-state index in [1.807, 2.05) is 6.92 Å². The number of halogens is 3. The van der Waals surface area contributed by atoms with Gasteiger partial charge in [0.1, 0.15) is 0 Å². The number of alkyl halides is 3. The Labute approximate surface area is 90.3 Å². The van der Waals surface area contributed by atoms with Gasteiger partial charge in [-0.05, 0) is 36.4 Å². The molecule has 78 valence electrons. The quantitative estimate of drug-likeness (QED) is 0.592. The molecule has 0 heterocycles. The normalized spacial score (nSPS) is 14.1. The topological polar surface area (TPSA) is 0 Å². The summed E-state index contributed by atoms with van der Waals surface area (Å²) in [7, 11) is 0. The number of thiol groups is 1. The van der Waals surface area contributed by atoms with E-state index in [0.717, 1.165) is 5.56 Å². The molecule has 1 rings (SSSR count). The lowest BCUT2D eigenvalue weighted by Crippen LogP contribution is -1.99. The van der Waals surface area contributed by atoms with Crippen molar-refractivity contribution < 1.29 is 13.2 Å². The molecule has 0 radical (unpaired) electrons. The van der Waals surface area contributed by atoms with Crippen LogP contribution in [0, 0.1) is 0 Å². The molecule has 0 nitrogen and oxygen atoms in total. The lowest BCUT2D eigenvalue weighted by atomic mass is 10.2. The van der Waals surface area contributed by atoms with Crippen LogP contribution in [0.5, 0.6) is 0 Å². The van der Waals surface area contributed by atoms with E-state index >= 15 is 0 Å². The molecule has 1 unspecified atom stereocenters. The van der Waals surface area contributed by atoms with Gasteiger partial charge in [-0.1, -0.05) is 12.1 Å². The van der Waals surface area contributed by atoms with Gasteiger partial charge in [-0.25, -0.2) is 0 Å². The summed E-state index contributed by atoms with van der Waals surface area (Å²) in [5.41, 5.74) is -3.43. The summed E-state index contributed by atoms with van der Waals surface area (Å²) in [6, 6.07) is 6.32. The van der Waals surface area contributed by atoms with E-state index < -0.39 is 5.51 Å². The molecule has 5 heteroatoms. The highest BCUT2D eigenvalue weighted by Gasteiger charge is 2.29. The predicted molar refractivity (Wildman–Crippen MR) is 55.8 cm³/mol. The average molecular weight is 238 g/mol. The van der Waals surface area contributed by atoms with E-state index in [9.17, 15) is 13.2 Å². The predicted octanol–water partition coefficient (Wildman–Crippen LogP) is 4.29. The van der Waals surface area contributed by atoms with Crippen LogP contribution in [0.15, 0.2) is 29.2 Å². The molecular formula is C9H9F3S2. The number of benzene rings is 1. The Morgan fingerprint density at radius 2 is 2.00 bits per heavy atom. The van der Waals surface area contributed by atoms with Crippen LogP contribution in [-0.4, -0.2) is 5.51 Å². The maximum absolute atomic E-state index is 12.0. The minimum absolute atomic E-state index is 0.0521. The van der Waals surface area contributed by atoms with Crippen molar-refractivity contribution in [3.63, 3.8) is 0 Å². The maximum Gasteiger partial charge on any atom is 0.446 e. The van der Waals surface area contributed by atoms with Crippen LogP contribution in [-0.2, 0) is 0 Å². The molecule has 0 aliphatic rings. The van der Waals surface area contributed by atoms with Gasteiger partial charge in [0, 0.05) is 10.1 Å². The molecule has 1 aromatic rings. The minimum Gasteiger partial charge on any atom is -0.171 e. The monoisotopic (exact) mass is 238 g/mol. The molecule has 1 aromatic carbocycles. The van der Waals surface area contributed by atoms with Crippen LogP contribution in [0.1, 0.15) is 17.7 Å². The molecule has 0 aliphatic carbocycles. The molecule has 0 fully saturated rings. The second-order valence-corrected chi connectivity index (χ2v) is 4.71. The van der Waals surface area contributed by atoms with Crippen molar-refractivity contribution in [2.75, 3.05) is 0 Å². The number of rotatable bonds is 2. The first-order chi connectivity index (χ1) is 6.38. The molecule has 0 bridgehead atoms. The smallest absolute Gasteiger partial charge is 0.171 e. The van der Waals surface area contributed by atoms with Gasteiger partial charge in [-0.2, -0.15) is 25.8 Å². The summed E-state index contributed by atoms with van der Waals surface area (Å²) < 4.78 is 36.1. The molecule has 0 saturated carbocycles. The van der Waals surface area contributed by atoms with Gasteiger partial charge in [-0.3, -0.25) is 0 Å². The fourth-order valence-electron chi connectivity index (χ4n) is 0.972. The number of hydrogen-bond acceptors (Lipinski definition) is 2. The first kappa shape index (κ1) is 11.8. The largest absolute Gasteiger partial charge is 0.446 e. The number of thioether (sulfide) groups is 1. The molecule has 0 amide bonds. The molecule has 0 aromatic heterocycles. The third-order valence-corrected chi connectivity index (χ3v) is 2.59. The van der Waals surface area contributed by atoms with Crippen molar-refractivity contribution in [3.8, 4) is 0 Å². The van der Waals surface area contributed by atoms with Crippen molar-refractivity contribution >= 4 is 24.4 Å². The van der Waals surface area contributed by atoms with Crippen molar-refractivity contribution in [2.24, 2.45) is 0 Å². The van der Waals surface area contributed by atoms with E-state index in [1.54, 1.807) is 12.1 Å². The van der Waals surface area contributed by atoms with E-state index in [-0.39, 0.29) is 21.9 Å². The molecule has 0 aliphatic heterocycles.